The molecule has 2 aromatic rings. The third-order valence-corrected chi connectivity index (χ3v) is 6.95. The Kier molecular flexibility index (Phi) is 6.18. The summed E-state index contributed by atoms with van der Waals surface area (Å²) in [4.78, 5) is -1.46. The SMILES string of the molecule is CN(C)S(=O)(=O)c1ccc(NS(=O)(=O)c2cc(C(F)(F)F)cc(C(F)(F)F)c2)cc1. The standard InChI is InChI=1S/C16H14F6N2O4S2/c1-24(2)30(27,28)13-5-3-12(4-6-13)23-29(25,26)14-8-10(15(17,18)19)7-11(9-14)16(20,21)22/h3-9,23H,1-2H3. The number of hydrogen-bond acceptors (Lipinski definition) is 4. The van der Waals surface area contributed by atoms with Gasteiger partial charge < -0.3 is 0 Å². The minimum absolute atomic E-state index is 0.0719. The summed E-state index contributed by atoms with van der Waals surface area (Å²) in [5, 5.41) is 0. The number of sulfonamides is 2. The van der Waals surface area contributed by atoms with Crippen LogP contribution >= 0.6 is 0 Å². The molecule has 0 spiro atoms. The minimum Gasteiger partial charge on any atom is -0.280 e. The molecule has 0 atom stereocenters. The number of benzene rings is 2. The van der Waals surface area contributed by atoms with Gasteiger partial charge in [0.25, 0.3) is 10.0 Å². The molecule has 0 aliphatic heterocycles. The molecule has 0 unspecified atom stereocenters. The van der Waals surface area contributed by atoms with Crippen LogP contribution in [0.15, 0.2) is 52.3 Å². The van der Waals surface area contributed by atoms with Gasteiger partial charge in [-0.05, 0) is 42.5 Å². The molecular weight excluding hydrogens is 462 g/mol. The molecule has 166 valence electrons. The Morgan fingerprint density at radius 1 is 0.733 bits per heavy atom. The molecule has 2 aromatic carbocycles. The molecule has 0 heterocycles. The molecular formula is C16H14F6N2O4S2. The summed E-state index contributed by atoms with van der Waals surface area (Å²) in [5.41, 5.74) is -3.84. The molecule has 14 heteroatoms. The van der Waals surface area contributed by atoms with Crippen molar-refractivity contribution in [1.29, 1.82) is 0 Å². The van der Waals surface area contributed by atoms with Crippen molar-refractivity contribution >= 4 is 25.7 Å². The van der Waals surface area contributed by atoms with E-state index in [9.17, 15) is 43.2 Å². The van der Waals surface area contributed by atoms with E-state index in [1.807, 2.05) is 4.72 Å². The molecule has 0 saturated heterocycles. The number of anilines is 1. The van der Waals surface area contributed by atoms with Crippen molar-refractivity contribution in [3.8, 4) is 0 Å². The number of halogens is 6. The minimum atomic E-state index is -5.21. The van der Waals surface area contributed by atoms with Crippen LogP contribution in [0.1, 0.15) is 11.1 Å². The van der Waals surface area contributed by atoms with Crippen LogP contribution in [-0.2, 0) is 32.4 Å². The molecule has 0 aliphatic carbocycles. The summed E-state index contributed by atoms with van der Waals surface area (Å²) in [6.07, 6.45) is -10.4. The zero-order valence-electron chi connectivity index (χ0n) is 15.2. The van der Waals surface area contributed by atoms with Crippen molar-refractivity contribution in [2.24, 2.45) is 0 Å². The van der Waals surface area contributed by atoms with E-state index >= 15 is 0 Å². The Balaban J connectivity index is 2.47. The zero-order chi connectivity index (χ0) is 23.1. The van der Waals surface area contributed by atoms with Gasteiger partial charge >= 0.3 is 12.4 Å². The van der Waals surface area contributed by atoms with E-state index in [1.165, 1.54) is 14.1 Å². The first-order valence-electron chi connectivity index (χ1n) is 7.79. The van der Waals surface area contributed by atoms with Crippen molar-refractivity contribution in [2.45, 2.75) is 22.1 Å². The van der Waals surface area contributed by atoms with Gasteiger partial charge in [0, 0.05) is 19.8 Å². The fraction of sp³-hybridized carbons (Fsp3) is 0.250. The van der Waals surface area contributed by atoms with Crippen molar-refractivity contribution in [2.75, 3.05) is 18.8 Å². The van der Waals surface area contributed by atoms with E-state index in [0.29, 0.717) is 0 Å². The highest BCUT2D eigenvalue weighted by atomic mass is 32.2. The first-order valence-corrected chi connectivity index (χ1v) is 10.7. The van der Waals surface area contributed by atoms with E-state index in [-0.39, 0.29) is 28.8 Å². The number of alkyl halides is 6. The highest BCUT2D eigenvalue weighted by molar-refractivity contribution is 7.92. The van der Waals surface area contributed by atoms with Gasteiger partial charge in [-0.1, -0.05) is 0 Å². The van der Waals surface area contributed by atoms with Crippen molar-refractivity contribution in [3.63, 3.8) is 0 Å². The Labute approximate surface area is 168 Å². The van der Waals surface area contributed by atoms with Crippen LogP contribution in [-0.4, -0.2) is 35.2 Å². The Bertz CT molecular complexity index is 1110. The van der Waals surface area contributed by atoms with Crippen LogP contribution in [0.25, 0.3) is 0 Å². The molecule has 0 amide bonds. The molecule has 0 fully saturated rings. The van der Waals surface area contributed by atoms with Gasteiger partial charge in [0.05, 0.1) is 20.9 Å². The molecule has 0 radical (unpaired) electrons. The number of hydrogen-bond donors (Lipinski definition) is 1. The van der Waals surface area contributed by atoms with E-state index < -0.39 is 48.4 Å². The van der Waals surface area contributed by atoms with Gasteiger partial charge in [0.1, 0.15) is 0 Å². The zero-order valence-corrected chi connectivity index (χ0v) is 16.8. The third kappa shape index (κ3) is 5.23. The first kappa shape index (κ1) is 24.0. The van der Waals surface area contributed by atoms with Crippen molar-refractivity contribution in [3.05, 3.63) is 53.6 Å². The second-order valence-corrected chi connectivity index (χ2v) is 9.99. The number of rotatable bonds is 5. The average Bonchev–Trinajstić information content (AvgIpc) is 2.60. The number of nitrogens with one attached hydrogen (secondary N) is 1. The van der Waals surface area contributed by atoms with E-state index in [2.05, 4.69) is 0 Å². The predicted molar refractivity (Wildman–Crippen MR) is 94.6 cm³/mol. The average molecular weight is 476 g/mol. The van der Waals surface area contributed by atoms with Crippen LogP contribution < -0.4 is 4.72 Å². The normalized spacial score (nSPS) is 13.5. The van der Waals surface area contributed by atoms with Gasteiger partial charge in [-0.15, -0.1) is 0 Å². The molecule has 1 N–H and O–H groups in total. The van der Waals surface area contributed by atoms with E-state index in [4.69, 9.17) is 0 Å². The summed E-state index contributed by atoms with van der Waals surface area (Å²) in [5.74, 6) is 0. The van der Waals surface area contributed by atoms with Crippen LogP contribution in [0, 0.1) is 0 Å². The van der Waals surface area contributed by atoms with Gasteiger partial charge in [-0.25, -0.2) is 21.1 Å². The highest BCUT2D eigenvalue weighted by Crippen LogP contribution is 2.37. The lowest BCUT2D eigenvalue weighted by Gasteiger charge is -2.15. The Morgan fingerprint density at radius 2 is 1.17 bits per heavy atom. The second kappa shape index (κ2) is 7.74. The van der Waals surface area contributed by atoms with Crippen LogP contribution in [0.4, 0.5) is 32.0 Å². The second-order valence-electron chi connectivity index (χ2n) is 6.16. The van der Waals surface area contributed by atoms with Crippen LogP contribution in [0.3, 0.4) is 0 Å². The monoisotopic (exact) mass is 476 g/mol. The summed E-state index contributed by atoms with van der Waals surface area (Å²) in [6, 6.07) is 4.02. The largest absolute Gasteiger partial charge is 0.416 e. The molecule has 6 nitrogen and oxygen atoms in total. The lowest BCUT2D eigenvalue weighted by molar-refractivity contribution is -0.143. The number of nitrogens with zero attached hydrogens (tertiary/aromatic N) is 1. The fourth-order valence-corrected chi connectivity index (χ4v) is 4.23. The van der Waals surface area contributed by atoms with E-state index in [0.717, 1.165) is 28.6 Å². The predicted octanol–water partition coefficient (Wildman–Crippen LogP) is 3.78. The molecule has 0 aromatic heterocycles. The Morgan fingerprint density at radius 3 is 1.53 bits per heavy atom. The topological polar surface area (TPSA) is 83.6 Å². The Hall–Kier alpha value is -2.32. The summed E-state index contributed by atoms with van der Waals surface area (Å²) in [6.45, 7) is 0. The lowest BCUT2D eigenvalue weighted by Crippen LogP contribution is -2.22. The maximum absolute atomic E-state index is 12.9. The maximum atomic E-state index is 12.9. The van der Waals surface area contributed by atoms with Crippen LogP contribution in [0.5, 0.6) is 0 Å². The molecule has 0 saturated carbocycles. The van der Waals surface area contributed by atoms with E-state index in [1.54, 1.807) is 0 Å². The van der Waals surface area contributed by atoms with Crippen molar-refractivity contribution in [1.82, 2.24) is 4.31 Å². The van der Waals surface area contributed by atoms with Crippen molar-refractivity contribution < 1.29 is 43.2 Å². The first-order chi connectivity index (χ1) is 13.4. The van der Waals surface area contributed by atoms with Gasteiger partial charge in [-0.2, -0.15) is 26.3 Å². The summed E-state index contributed by atoms with van der Waals surface area (Å²) >= 11 is 0. The smallest absolute Gasteiger partial charge is 0.280 e. The summed E-state index contributed by atoms with van der Waals surface area (Å²) < 4.78 is 129. The molecule has 2 rings (SSSR count). The highest BCUT2D eigenvalue weighted by Gasteiger charge is 2.38. The fourth-order valence-electron chi connectivity index (χ4n) is 2.20. The quantitative estimate of drug-likeness (QED) is 0.666. The lowest BCUT2D eigenvalue weighted by atomic mass is 10.1. The van der Waals surface area contributed by atoms with Gasteiger partial charge in [0.15, 0.2) is 0 Å². The molecule has 0 aliphatic rings. The summed E-state index contributed by atoms with van der Waals surface area (Å²) in [7, 11) is -6.16. The maximum Gasteiger partial charge on any atom is 0.416 e. The van der Waals surface area contributed by atoms with Gasteiger partial charge in [-0.3, -0.25) is 4.72 Å². The molecule has 30 heavy (non-hydrogen) atoms. The van der Waals surface area contributed by atoms with Gasteiger partial charge in [0.2, 0.25) is 10.0 Å². The third-order valence-electron chi connectivity index (χ3n) is 3.76. The van der Waals surface area contributed by atoms with Crippen LogP contribution in [0.2, 0.25) is 0 Å². The molecule has 0 bridgehead atoms.